The van der Waals surface area contributed by atoms with E-state index in [1.165, 1.54) is 22.9 Å². The lowest BCUT2D eigenvalue weighted by Crippen LogP contribution is -2.46. The highest BCUT2D eigenvalue weighted by atomic mass is 32.2. The van der Waals surface area contributed by atoms with Crippen LogP contribution in [-0.2, 0) is 23.3 Å². The Bertz CT molecular complexity index is 1700. The van der Waals surface area contributed by atoms with Gasteiger partial charge in [-0.15, -0.1) is 0 Å². The zero-order valence-corrected chi connectivity index (χ0v) is 21.8. The van der Waals surface area contributed by atoms with E-state index in [9.17, 15) is 17.6 Å². The van der Waals surface area contributed by atoms with E-state index in [1.807, 2.05) is 23.6 Å². The normalized spacial score (nSPS) is 20.9. The highest BCUT2D eigenvalue weighted by Crippen LogP contribution is 2.51. The van der Waals surface area contributed by atoms with Crippen molar-refractivity contribution in [3.8, 4) is 5.69 Å². The van der Waals surface area contributed by atoms with E-state index in [-0.39, 0.29) is 29.5 Å². The molecule has 0 bridgehead atoms. The third kappa shape index (κ3) is 3.91. The molecule has 1 fully saturated rings. The van der Waals surface area contributed by atoms with Crippen LogP contribution in [0.15, 0.2) is 71.8 Å². The highest BCUT2D eigenvalue weighted by Gasteiger charge is 2.52. The third-order valence-electron chi connectivity index (χ3n) is 7.70. The van der Waals surface area contributed by atoms with Crippen LogP contribution in [0.1, 0.15) is 46.7 Å². The maximum absolute atomic E-state index is 14.3. The molecule has 0 radical (unpaired) electrons. The van der Waals surface area contributed by atoms with Crippen molar-refractivity contribution in [2.75, 3.05) is 0 Å². The number of rotatable bonds is 5. The standard InChI is InChI=1S/C28H26FN5O3S/c1-18-9-11-30-23(13-18)27(35)28-15-22(38(36,37)26-10-12-33(2)32-26)8-3-19(28)14-25-24(16-28)31-17-34(25)21-6-4-20(29)5-7-21/h4-7,9-14,17,22H,3,8,15-16H2,1-2H3/t22-,28+/m0/s1. The molecule has 0 saturated heterocycles. The zero-order chi connectivity index (χ0) is 26.7. The summed E-state index contributed by atoms with van der Waals surface area (Å²) in [6, 6.07) is 11.2. The maximum Gasteiger partial charge on any atom is 0.200 e. The minimum atomic E-state index is -3.77. The topological polar surface area (TPSA) is 99.7 Å². The van der Waals surface area contributed by atoms with Gasteiger partial charge in [-0.25, -0.2) is 17.8 Å². The summed E-state index contributed by atoms with van der Waals surface area (Å²) in [6.07, 6.45) is 8.02. The first kappa shape index (κ1) is 24.4. The van der Waals surface area contributed by atoms with Crippen molar-refractivity contribution in [1.82, 2.24) is 24.3 Å². The van der Waals surface area contributed by atoms with E-state index >= 15 is 0 Å². The molecule has 2 atom stereocenters. The van der Waals surface area contributed by atoms with Gasteiger partial charge < -0.3 is 0 Å². The molecule has 8 nitrogen and oxygen atoms in total. The predicted octanol–water partition coefficient (Wildman–Crippen LogP) is 4.28. The number of nitrogens with zero attached hydrogens (tertiary/aromatic N) is 5. The molecule has 2 aliphatic carbocycles. The number of hydrogen-bond acceptors (Lipinski definition) is 6. The molecule has 3 heterocycles. The SMILES string of the molecule is Cc1ccnc(C(=O)[C@]23Cc4ncn(-c5ccc(F)cc5)c4C=C2CC[C@H](S(=O)(=O)c2ccn(C)n2)C3)c1. The number of ketones is 1. The highest BCUT2D eigenvalue weighted by molar-refractivity contribution is 7.92. The number of imidazole rings is 1. The molecule has 0 aliphatic heterocycles. The Morgan fingerprint density at radius 2 is 1.92 bits per heavy atom. The van der Waals surface area contributed by atoms with E-state index in [1.54, 1.807) is 44.0 Å². The molecule has 10 heteroatoms. The number of fused-ring (bicyclic) bond motifs is 2. The van der Waals surface area contributed by atoms with E-state index in [2.05, 4.69) is 15.1 Å². The molecule has 1 saturated carbocycles. The van der Waals surface area contributed by atoms with Crippen LogP contribution in [0, 0.1) is 18.2 Å². The number of hydrogen-bond donors (Lipinski definition) is 0. The zero-order valence-electron chi connectivity index (χ0n) is 21.0. The van der Waals surface area contributed by atoms with Gasteiger partial charge in [-0.3, -0.25) is 19.0 Å². The molecule has 38 heavy (non-hydrogen) atoms. The molecule has 3 aromatic heterocycles. The lowest BCUT2D eigenvalue weighted by atomic mass is 9.62. The lowest BCUT2D eigenvalue weighted by Gasteiger charge is -2.43. The number of aryl methyl sites for hydroxylation is 2. The van der Waals surface area contributed by atoms with Crippen LogP contribution in [0.3, 0.4) is 0 Å². The minimum absolute atomic E-state index is 0.0193. The number of aromatic nitrogens is 5. The summed E-state index contributed by atoms with van der Waals surface area (Å²) in [4.78, 5) is 23.2. The second kappa shape index (κ2) is 8.83. The van der Waals surface area contributed by atoms with E-state index < -0.39 is 20.5 Å². The van der Waals surface area contributed by atoms with Gasteiger partial charge >= 0.3 is 0 Å². The van der Waals surface area contributed by atoms with Crippen LogP contribution in [0.5, 0.6) is 0 Å². The van der Waals surface area contributed by atoms with Crippen molar-refractivity contribution < 1.29 is 17.6 Å². The molecule has 0 N–H and O–H groups in total. The molecule has 4 aromatic rings. The van der Waals surface area contributed by atoms with Crippen LogP contribution >= 0.6 is 0 Å². The summed E-state index contributed by atoms with van der Waals surface area (Å²) in [5, 5.41) is 3.40. The van der Waals surface area contributed by atoms with Crippen molar-refractivity contribution in [1.29, 1.82) is 0 Å². The van der Waals surface area contributed by atoms with Gasteiger partial charge in [0, 0.05) is 31.5 Å². The summed E-state index contributed by atoms with van der Waals surface area (Å²) in [5.74, 6) is -0.529. The molecule has 1 aromatic carbocycles. The van der Waals surface area contributed by atoms with E-state index in [4.69, 9.17) is 0 Å². The number of carbonyl (C=O) groups is 1. The fourth-order valence-corrected chi connectivity index (χ4v) is 7.49. The molecular formula is C28H26FN5O3S. The van der Waals surface area contributed by atoms with Gasteiger partial charge in [-0.05, 0) is 80.3 Å². The Morgan fingerprint density at radius 3 is 2.63 bits per heavy atom. The monoisotopic (exact) mass is 531 g/mol. The predicted molar refractivity (Wildman–Crippen MR) is 139 cm³/mol. The Balaban J connectivity index is 1.46. The maximum atomic E-state index is 14.3. The first-order valence-electron chi connectivity index (χ1n) is 12.4. The van der Waals surface area contributed by atoms with Gasteiger partial charge in [-0.2, -0.15) is 5.10 Å². The van der Waals surface area contributed by atoms with Crippen molar-refractivity contribution >= 4 is 21.7 Å². The molecule has 0 amide bonds. The second-order valence-electron chi connectivity index (χ2n) is 10.1. The van der Waals surface area contributed by atoms with Crippen LogP contribution in [-0.4, -0.2) is 43.8 Å². The smallest absolute Gasteiger partial charge is 0.200 e. The molecule has 194 valence electrons. The summed E-state index contributed by atoms with van der Waals surface area (Å²) in [6.45, 7) is 1.89. The van der Waals surface area contributed by atoms with Crippen molar-refractivity contribution in [2.45, 2.75) is 42.9 Å². The quantitative estimate of drug-likeness (QED) is 0.357. The van der Waals surface area contributed by atoms with Crippen molar-refractivity contribution in [3.05, 3.63) is 95.2 Å². The third-order valence-corrected chi connectivity index (χ3v) is 9.78. The van der Waals surface area contributed by atoms with Gasteiger partial charge in [0.25, 0.3) is 0 Å². The summed E-state index contributed by atoms with van der Waals surface area (Å²) >= 11 is 0. The largest absolute Gasteiger partial charge is 0.299 e. The first-order valence-corrected chi connectivity index (χ1v) is 14.0. The molecule has 2 aliphatic rings. The van der Waals surface area contributed by atoms with Crippen LogP contribution < -0.4 is 0 Å². The van der Waals surface area contributed by atoms with E-state index in [0.717, 1.165) is 22.5 Å². The average Bonchev–Trinajstić information content (AvgIpc) is 3.53. The first-order chi connectivity index (χ1) is 18.2. The molecule has 0 unspecified atom stereocenters. The number of halogens is 1. The number of sulfone groups is 1. The fourth-order valence-electron chi connectivity index (χ4n) is 5.72. The van der Waals surface area contributed by atoms with Gasteiger partial charge in [0.2, 0.25) is 0 Å². The number of pyridine rings is 1. The van der Waals surface area contributed by atoms with Gasteiger partial charge in [0.05, 0.1) is 28.4 Å². The Kier molecular flexibility index (Phi) is 5.68. The number of benzene rings is 1. The Hall–Kier alpha value is -3.92. The van der Waals surface area contributed by atoms with Crippen LogP contribution in [0.25, 0.3) is 11.8 Å². The molecule has 0 spiro atoms. The Morgan fingerprint density at radius 1 is 1.13 bits per heavy atom. The number of Topliss-reactive ketones (excluding diaryl/α,β-unsaturated/α-hetero) is 1. The summed E-state index contributed by atoms with van der Waals surface area (Å²) in [5.41, 5.74) is 3.25. The fraction of sp³-hybridized carbons (Fsp3) is 0.286. The van der Waals surface area contributed by atoms with Crippen LogP contribution in [0.2, 0.25) is 0 Å². The van der Waals surface area contributed by atoms with E-state index in [0.29, 0.717) is 24.2 Å². The van der Waals surface area contributed by atoms with Gasteiger partial charge in [-0.1, -0.05) is 5.57 Å². The van der Waals surface area contributed by atoms with Crippen LogP contribution in [0.4, 0.5) is 4.39 Å². The summed E-state index contributed by atoms with van der Waals surface area (Å²) in [7, 11) is -2.09. The summed E-state index contributed by atoms with van der Waals surface area (Å²) < 4.78 is 44.1. The lowest BCUT2D eigenvalue weighted by molar-refractivity contribution is 0.0795. The van der Waals surface area contributed by atoms with Crippen molar-refractivity contribution in [2.24, 2.45) is 12.5 Å². The van der Waals surface area contributed by atoms with Crippen molar-refractivity contribution in [3.63, 3.8) is 0 Å². The number of allylic oxidation sites excluding steroid dienone is 1. The minimum Gasteiger partial charge on any atom is -0.299 e. The van der Waals surface area contributed by atoms with Gasteiger partial charge in [0.1, 0.15) is 11.5 Å². The Labute approximate surface area is 219 Å². The number of carbonyl (C=O) groups excluding carboxylic acids is 1. The molecular weight excluding hydrogens is 505 g/mol. The average molecular weight is 532 g/mol. The molecule has 6 rings (SSSR count). The second-order valence-corrected chi connectivity index (χ2v) is 12.3. The van der Waals surface area contributed by atoms with Gasteiger partial charge in [0.15, 0.2) is 20.6 Å².